The molecule has 0 saturated heterocycles. The van der Waals surface area contributed by atoms with E-state index in [1.54, 1.807) is 18.0 Å². The van der Waals surface area contributed by atoms with Crippen LogP contribution >= 0.6 is 11.8 Å². The van der Waals surface area contributed by atoms with Crippen molar-refractivity contribution in [2.75, 3.05) is 11.6 Å². The molecule has 2 aromatic rings. The van der Waals surface area contributed by atoms with Crippen LogP contribution in [-0.2, 0) is 0 Å². The fraction of sp³-hybridized carbons (Fsp3) is 0.214. The first-order chi connectivity index (χ1) is 8.69. The molecule has 0 aliphatic heterocycles. The highest BCUT2D eigenvalue weighted by Crippen LogP contribution is 2.23. The van der Waals surface area contributed by atoms with Gasteiger partial charge in [0.2, 0.25) is 0 Å². The highest BCUT2D eigenvalue weighted by Gasteiger charge is 2.07. The monoisotopic (exact) mass is 262 g/mol. The molecule has 1 N–H and O–H groups in total. The molecule has 1 aromatic heterocycles. The predicted octanol–water partition coefficient (Wildman–Crippen LogP) is 4.12. The average molecular weight is 262 g/mol. The molecule has 2 rings (SSSR count). The van der Waals surface area contributed by atoms with Crippen molar-refractivity contribution in [3.05, 3.63) is 54.1 Å². The van der Waals surface area contributed by atoms with Crippen LogP contribution in [0.15, 0.2) is 47.6 Å². The second-order valence-corrected chi connectivity index (χ2v) is 4.91. The number of hydrogen-bond donors (Lipinski definition) is 1. The van der Waals surface area contributed by atoms with Gasteiger partial charge in [-0.3, -0.25) is 4.98 Å². The first kappa shape index (κ1) is 12.9. The number of anilines is 1. The molecule has 0 bridgehead atoms. The normalized spacial score (nSPS) is 12.2. The van der Waals surface area contributed by atoms with Crippen molar-refractivity contribution >= 4 is 17.4 Å². The molecule has 0 amide bonds. The van der Waals surface area contributed by atoms with Gasteiger partial charge in [0.05, 0.1) is 12.2 Å². The smallest absolute Gasteiger partial charge is 0.141 e. The summed E-state index contributed by atoms with van der Waals surface area (Å²) in [5.41, 5.74) is 1.86. The van der Waals surface area contributed by atoms with Crippen molar-refractivity contribution < 1.29 is 4.39 Å². The van der Waals surface area contributed by atoms with Crippen LogP contribution < -0.4 is 5.32 Å². The van der Waals surface area contributed by atoms with E-state index in [1.807, 2.05) is 25.3 Å². The van der Waals surface area contributed by atoms with E-state index >= 15 is 0 Å². The van der Waals surface area contributed by atoms with Crippen molar-refractivity contribution in [2.24, 2.45) is 0 Å². The SMILES string of the molecule is CSc1cccc(NC(C)c2cncc(F)c2)c1. The summed E-state index contributed by atoms with van der Waals surface area (Å²) in [4.78, 5) is 5.06. The van der Waals surface area contributed by atoms with Gasteiger partial charge in [-0.25, -0.2) is 4.39 Å². The molecule has 4 heteroatoms. The molecule has 94 valence electrons. The van der Waals surface area contributed by atoms with Gasteiger partial charge in [-0.2, -0.15) is 0 Å². The standard InChI is InChI=1S/C14H15FN2S/c1-10(11-6-12(15)9-16-8-11)17-13-4-3-5-14(7-13)18-2/h3-10,17H,1-2H3. The maximum atomic E-state index is 13.1. The molecule has 0 radical (unpaired) electrons. The Labute approximate surface area is 111 Å². The summed E-state index contributed by atoms with van der Waals surface area (Å²) in [6.45, 7) is 1.99. The number of thioether (sulfide) groups is 1. The number of benzene rings is 1. The van der Waals surface area contributed by atoms with E-state index < -0.39 is 0 Å². The lowest BCUT2D eigenvalue weighted by Crippen LogP contribution is -2.07. The summed E-state index contributed by atoms with van der Waals surface area (Å²) >= 11 is 1.70. The minimum Gasteiger partial charge on any atom is -0.378 e. The first-order valence-electron chi connectivity index (χ1n) is 5.70. The molecule has 1 aromatic carbocycles. The Morgan fingerprint density at radius 1 is 1.28 bits per heavy atom. The zero-order chi connectivity index (χ0) is 13.0. The van der Waals surface area contributed by atoms with E-state index in [0.29, 0.717) is 0 Å². The lowest BCUT2D eigenvalue weighted by atomic mass is 10.1. The maximum Gasteiger partial charge on any atom is 0.141 e. The third-order valence-electron chi connectivity index (χ3n) is 2.68. The molecule has 18 heavy (non-hydrogen) atoms. The molecule has 0 spiro atoms. The quantitative estimate of drug-likeness (QED) is 0.839. The van der Waals surface area contributed by atoms with E-state index in [2.05, 4.69) is 22.4 Å². The van der Waals surface area contributed by atoms with Gasteiger partial charge in [-0.15, -0.1) is 11.8 Å². The largest absolute Gasteiger partial charge is 0.378 e. The van der Waals surface area contributed by atoms with Crippen LogP contribution in [-0.4, -0.2) is 11.2 Å². The molecular weight excluding hydrogens is 247 g/mol. The molecule has 2 nitrogen and oxygen atoms in total. The Hall–Kier alpha value is -1.55. The minimum absolute atomic E-state index is 0.0188. The van der Waals surface area contributed by atoms with Crippen molar-refractivity contribution in [3.8, 4) is 0 Å². The summed E-state index contributed by atoms with van der Waals surface area (Å²) in [6, 6.07) is 9.67. The number of pyridine rings is 1. The predicted molar refractivity (Wildman–Crippen MR) is 74.5 cm³/mol. The molecule has 1 heterocycles. The zero-order valence-electron chi connectivity index (χ0n) is 10.4. The molecular formula is C14H15FN2S. The Morgan fingerprint density at radius 3 is 2.83 bits per heavy atom. The van der Waals surface area contributed by atoms with Crippen molar-refractivity contribution in [3.63, 3.8) is 0 Å². The summed E-state index contributed by atoms with van der Waals surface area (Å²) in [6.07, 6.45) is 4.93. The van der Waals surface area contributed by atoms with Gasteiger partial charge in [-0.1, -0.05) is 6.07 Å². The van der Waals surface area contributed by atoms with Gasteiger partial charge >= 0.3 is 0 Å². The van der Waals surface area contributed by atoms with Crippen LogP contribution in [0.3, 0.4) is 0 Å². The van der Waals surface area contributed by atoms with E-state index in [0.717, 1.165) is 11.3 Å². The first-order valence-corrected chi connectivity index (χ1v) is 6.92. The third-order valence-corrected chi connectivity index (χ3v) is 3.40. The third kappa shape index (κ3) is 3.23. The van der Waals surface area contributed by atoms with Gasteiger partial charge in [-0.05, 0) is 43.0 Å². The fourth-order valence-corrected chi connectivity index (χ4v) is 2.17. The Balaban J connectivity index is 2.13. The lowest BCUT2D eigenvalue weighted by molar-refractivity contribution is 0.616. The fourth-order valence-electron chi connectivity index (χ4n) is 1.71. The molecule has 0 aliphatic carbocycles. The van der Waals surface area contributed by atoms with Gasteiger partial charge in [0.15, 0.2) is 0 Å². The van der Waals surface area contributed by atoms with Crippen LogP contribution in [0.1, 0.15) is 18.5 Å². The van der Waals surface area contributed by atoms with Gasteiger partial charge < -0.3 is 5.32 Å². The molecule has 0 fully saturated rings. The van der Waals surface area contributed by atoms with E-state index in [-0.39, 0.29) is 11.9 Å². The maximum absolute atomic E-state index is 13.1. The number of hydrogen-bond acceptors (Lipinski definition) is 3. The van der Waals surface area contributed by atoms with Gasteiger partial charge in [0, 0.05) is 16.8 Å². The van der Waals surface area contributed by atoms with Crippen LogP contribution in [0.25, 0.3) is 0 Å². The van der Waals surface area contributed by atoms with Crippen LogP contribution in [0.4, 0.5) is 10.1 Å². The zero-order valence-corrected chi connectivity index (χ0v) is 11.2. The summed E-state index contributed by atoms with van der Waals surface area (Å²) in [5.74, 6) is -0.306. The molecule has 1 atom stereocenters. The van der Waals surface area contributed by atoms with E-state index in [9.17, 15) is 4.39 Å². The summed E-state index contributed by atoms with van der Waals surface area (Å²) < 4.78 is 13.1. The summed E-state index contributed by atoms with van der Waals surface area (Å²) in [5, 5.41) is 3.34. The Kier molecular flexibility index (Phi) is 4.20. The van der Waals surface area contributed by atoms with Crippen LogP contribution in [0.5, 0.6) is 0 Å². The second kappa shape index (κ2) is 5.87. The van der Waals surface area contributed by atoms with Crippen molar-refractivity contribution in [1.82, 2.24) is 4.98 Å². The molecule has 1 unspecified atom stereocenters. The minimum atomic E-state index is -0.306. The van der Waals surface area contributed by atoms with E-state index in [4.69, 9.17) is 0 Å². The van der Waals surface area contributed by atoms with Gasteiger partial charge in [0.1, 0.15) is 5.82 Å². The number of nitrogens with one attached hydrogen (secondary N) is 1. The Bertz CT molecular complexity index is 531. The molecule has 0 saturated carbocycles. The van der Waals surface area contributed by atoms with Crippen LogP contribution in [0, 0.1) is 5.82 Å². The van der Waals surface area contributed by atoms with Crippen molar-refractivity contribution in [1.29, 1.82) is 0 Å². The van der Waals surface area contributed by atoms with E-state index in [1.165, 1.54) is 17.2 Å². The van der Waals surface area contributed by atoms with Crippen molar-refractivity contribution in [2.45, 2.75) is 17.9 Å². The van der Waals surface area contributed by atoms with Crippen LogP contribution in [0.2, 0.25) is 0 Å². The number of halogens is 1. The Morgan fingerprint density at radius 2 is 2.11 bits per heavy atom. The summed E-state index contributed by atoms with van der Waals surface area (Å²) in [7, 11) is 0. The molecule has 0 aliphatic rings. The average Bonchev–Trinajstić information content (AvgIpc) is 2.39. The van der Waals surface area contributed by atoms with Gasteiger partial charge in [0.25, 0.3) is 0 Å². The second-order valence-electron chi connectivity index (χ2n) is 4.03. The number of rotatable bonds is 4. The number of aromatic nitrogens is 1. The highest BCUT2D eigenvalue weighted by molar-refractivity contribution is 7.98. The highest BCUT2D eigenvalue weighted by atomic mass is 32.2. The lowest BCUT2D eigenvalue weighted by Gasteiger charge is -2.15. The number of nitrogens with zero attached hydrogens (tertiary/aromatic N) is 1. The topological polar surface area (TPSA) is 24.9 Å².